The highest BCUT2D eigenvalue weighted by Gasteiger charge is 2.21. The molecule has 2 aromatic carbocycles. The Bertz CT molecular complexity index is 1350. The molecule has 1 unspecified atom stereocenters. The molecule has 0 fully saturated rings. The van der Waals surface area contributed by atoms with E-state index in [0.29, 0.717) is 27.6 Å². The van der Waals surface area contributed by atoms with Crippen LogP contribution in [0.2, 0.25) is 0 Å². The molecule has 0 saturated carbocycles. The lowest BCUT2D eigenvalue weighted by molar-refractivity contribution is -0.115. The average molecular weight is 460 g/mol. The van der Waals surface area contributed by atoms with Gasteiger partial charge in [-0.25, -0.2) is 14.5 Å². The number of rotatable bonds is 6. The van der Waals surface area contributed by atoms with E-state index in [0.717, 1.165) is 11.3 Å². The van der Waals surface area contributed by atoms with Gasteiger partial charge in [-0.15, -0.1) is 0 Å². The lowest BCUT2D eigenvalue weighted by atomic mass is 10.2. The molecule has 4 aromatic rings. The molecule has 0 radical (unpaired) electrons. The molecule has 1 atom stereocenters. The second-order valence-electron chi connectivity index (χ2n) is 7.94. The first-order valence-corrected chi connectivity index (χ1v) is 11.4. The van der Waals surface area contributed by atoms with Crippen molar-refractivity contribution in [3.8, 4) is 5.82 Å². The summed E-state index contributed by atoms with van der Waals surface area (Å²) in [7, 11) is 3.93. The van der Waals surface area contributed by atoms with Crippen LogP contribution in [0.25, 0.3) is 16.7 Å². The lowest BCUT2D eigenvalue weighted by Crippen LogP contribution is -2.26. The predicted molar refractivity (Wildman–Crippen MR) is 135 cm³/mol. The van der Waals surface area contributed by atoms with Crippen molar-refractivity contribution < 1.29 is 4.79 Å². The fourth-order valence-corrected chi connectivity index (χ4v) is 4.20. The number of hydrogen-bond donors (Lipinski definition) is 1. The standard InChI is InChI=1S/C25H25N5O2S/c1-16-9-14-22(26-15-16)30-24(32)20-7-5-6-8-21(20)28-25(30)33-17(2)23(31)27-18-10-12-19(13-11-18)29(3)4/h5-15,17H,1-4H3,(H,27,31). The Balaban J connectivity index is 1.65. The summed E-state index contributed by atoms with van der Waals surface area (Å²) < 4.78 is 1.47. The number of anilines is 2. The number of carbonyl (C=O) groups excluding carboxylic acids is 1. The zero-order chi connectivity index (χ0) is 23.5. The van der Waals surface area contributed by atoms with Crippen LogP contribution in [0.3, 0.4) is 0 Å². The summed E-state index contributed by atoms with van der Waals surface area (Å²) in [5.74, 6) is 0.293. The highest BCUT2D eigenvalue weighted by Crippen LogP contribution is 2.26. The van der Waals surface area contributed by atoms with E-state index in [1.54, 1.807) is 31.3 Å². The zero-order valence-electron chi connectivity index (χ0n) is 18.9. The van der Waals surface area contributed by atoms with Crippen molar-refractivity contribution >= 4 is 39.9 Å². The second-order valence-corrected chi connectivity index (χ2v) is 9.24. The molecule has 2 heterocycles. The van der Waals surface area contributed by atoms with Crippen LogP contribution >= 0.6 is 11.8 Å². The Kier molecular flexibility index (Phi) is 6.46. The SMILES string of the molecule is Cc1ccc(-n2c(SC(C)C(=O)Nc3ccc(N(C)C)cc3)nc3ccccc3c2=O)nc1. The fraction of sp³-hybridized carbons (Fsp3) is 0.200. The third-order valence-corrected chi connectivity index (χ3v) is 6.22. The van der Waals surface area contributed by atoms with Crippen molar-refractivity contribution in [1.82, 2.24) is 14.5 Å². The number of thioether (sulfide) groups is 1. The van der Waals surface area contributed by atoms with Crippen LogP contribution in [0.1, 0.15) is 12.5 Å². The molecular weight excluding hydrogens is 434 g/mol. The first kappa shape index (κ1) is 22.5. The summed E-state index contributed by atoms with van der Waals surface area (Å²) in [5.41, 5.74) is 3.11. The van der Waals surface area contributed by atoms with Gasteiger partial charge in [0, 0.05) is 31.7 Å². The van der Waals surface area contributed by atoms with E-state index in [2.05, 4.69) is 10.3 Å². The van der Waals surface area contributed by atoms with E-state index in [4.69, 9.17) is 4.98 Å². The van der Waals surface area contributed by atoms with E-state index in [1.807, 2.05) is 68.4 Å². The summed E-state index contributed by atoms with van der Waals surface area (Å²) in [6.07, 6.45) is 1.71. The number of para-hydroxylation sites is 1. The second kappa shape index (κ2) is 9.46. The number of hydrogen-bond acceptors (Lipinski definition) is 6. The maximum atomic E-state index is 13.3. The molecule has 0 saturated heterocycles. The lowest BCUT2D eigenvalue weighted by Gasteiger charge is -2.17. The Morgan fingerprint density at radius 1 is 1.06 bits per heavy atom. The predicted octanol–water partition coefficient (Wildman–Crippen LogP) is 4.27. The Morgan fingerprint density at radius 2 is 1.79 bits per heavy atom. The molecule has 0 aliphatic carbocycles. The van der Waals surface area contributed by atoms with Crippen molar-refractivity contribution in [1.29, 1.82) is 0 Å². The van der Waals surface area contributed by atoms with E-state index < -0.39 is 5.25 Å². The van der Waals surface area contributed by atoms with Gasteiger partial charge in [-0.2, -0.15) is 0 Å². The van der Waals surface area contributed by atoms with Crippen molar-refractivity contribution in [2.75, 3.05) is 24.3 Å². The molecule has 0 spiro atoms. The molecule has 33 heavy (non-hydrogen) atoms. The number of benzene rings is 2. The minimum atomic E-state index is -0.497. The van der Waals surface area contributed by atoms with E-state index in [1.165, 1.54) is 16.3 Å². The minimum Gasteiger partial charge on any atom is -0.378 e. The van der Waals surface area contributed by atoms with Crippen molar-refractivity contribution in [2.24, 2.45) is 0 Å². The number of nitrogens with one attached hydrogen (secondary N) is 1. The highest BCUT2D eigenvalue weighted by atomic mass is 32.2. The molecule has 1 amide bonds. The maximum Gasteiger partial charge on any atom is 0.267 e. The first-order valence-electron chi connectivity index (χ1n) is 10.5. The summed E-state index contributed by atoms with van der Waals surface area (Å²) in [6, 6.07) is 18.5. The van der Waals surface area contributed by atoms with Crippen molar-refractivity contribution in [3.05, 3.63) is 82.8 Å². The van der Waals surface area contributed by atoms with E-state index >= 15 is 0 Å². The van der Waals surface area contributed by atoms with Crippen LogP contribution in [0.5, 0.6) is 0 Å². The van der Waals surface area contributed by atoms with Gasteiger partial charge in [0.05, 0.1) is 16.2 Å². The topological polar surface area (TPSA) is 80.1 Å². The monoisotopic (exact) mass is 459 g/mol. The van der Waals surface area contributed by atoms with Gasteiger partial charge in [-0.3, -0.25) is 9.59 Å². The number of aryl methyl sites for hydroxylation is 1. The van der Waals surface area contributed by atoms with Gasteiger partial charge >= 0.3 is 0 Å². The molecule has 7 nitrogen and oxygen atoms in total. The number of nitrogens with zero attached hydrogens (tertiary/aromatic N) is 4. The van der Waals surface area contributed by atoms with Crippen LogP contribution in [-0.2, 0) is 4.79 Å². The quantitative estimate of drug-likeness (QED) is 0.343. The van der Waals surface area contributed by atoms with Gasteiger partial charge in [0.2, 0.25) is 5.91 Å². The molecule has 1 N–H and O–H groups in total. The molecule has 168 valence electrons. The molecular formula is C25H25N5O2S. The molecule has 0 aliphatic heterocycles. The van der Waals surface area contributed by atoms with Crippen molar-refractivity contribution in [2.45, 2.75) is 24.3 Å². The van der Waals surface area contributed by atoms with Gasteiger partial charge in [0.1, 0.15) is 5.82 Å². The maximum absolute atomic E-state index is 13.3. The van der Waals surface area contributed by atoms with E-state index in [9.17, 15) is 9.59 Å². The van der Waals surface area contributed by atoms with Crippen LogP contribution < -0.4 is 15.8 Å². The number of carbonyl (C=O) groups is 1. The van der Waals surface area contributed by atoms with E-state index in [-0.39, 0.29) is 11.5 Å². The van der Waals surface area contributed by atoms with Gasteiger partial charge < -0.3 is 10.2 Å². The summed E-state index contributed by atoms with van der Waals surface area (Å²) in [6.45, 7) is 3.73. The van der Waals surface area contributed by atoms with Crippen LogP contribution in [0.4, 0.5) is 11.4 Å². The zero-order valence-corrected chi connectivity index (χ0v) is 19.8. The fourth-order valence-electron chi connectivity index (χ4n) is 3.28. The molecule has 2 aromatic heterocycles. The summed E-state index contributed by atoms with van der Waals surface area (Å²) in [4.78, 5) is 37.3. The summed E-state index contributed by atoms with van der Waals surface area (Å²) >= 11 is 1.23. The van der Waals surface area contributed by atoms with Crippen LogP contribution in [0.15, 0.2) is 76.8 Å². The van der Waals surface area contributed by atoms with Gasteiger partial charge in [-0.05, 0) is 61.9 Å². The van der Waals surface area contributed by atoms with Gasteiger partial charge in [0.15, 0.2) is 5.16 Å². The normalized spacial score (nSPS) is 11.9. The average Bonchev–Trinajstić information content (AvgIpc) is 2.80. The first-order chi connectivity index (χ1) is 15.8. The van der Waals surface area contributed by atoms with Crippen molar-refractivity contribution in [3.63, 3.8) is 0 Å². The molecule has 0 bridgehead atoms. The van der Waals surface area contributed by atoms with Crippen LogP contribution in [0, 0.1) is 6.92 Å². The highest BCUT2D eigenvalue weighted by molar-refractivity contribution is 8.00. The van der Waals surface area contributed by atoms with Crippen LogP contribution in [-0.4, -0.2) is 39.8 Å². The molecule has 4 rings (SSSR count). The van der Waals surface area contributed by atoms with Gasteiger partial charge in [0.25, 0.3) is 5.56 Å². The van der Waals surface area contributed by atoms with Gasteiger partial charge in [-0.1, -0.05) is 30.0 Å². The third kappa shape index (κ3) is 4.90. The Morgan fingerprint density at radius 3 is 2.45 bits per heavy atom. The smallest absolute Gasteiger partial charge is 0.267 e. The Hall–Kier alpha value is -3.65. The number of aromatic nitrogens is 3. The number of pyridine rings is 1. The Labute approximate surface area is 196 Å². The number of amides is 1. The third-order valence-electron chi connectivity index (χ3n) is 5.17. The molecule has 0 aliphatic rings. The molecule has 8 heteroatoms. The largest absolute Gasteiger partial charge is 0.378 e. The summed E-state index contributed by atoms with van der Waals surface area (Å²) in [5, 5.41) is 3.36. The minimum absolute atomic E-state index is 0.177. The number of fused-ring (bicyclic) bond motifs is 1.